The molecule has 9 heavy (non-hydrogen) atoms. The van der Waals surface area contributed by atoms with Crippen LogP contribution in [-0.4, -0.2) is 23.7 Å². The zero-order valence-corrected chi connectivity index (χ0v) is 4.55. The summed E-state index contributed by atoms with van der Waals surface area (Å²) in [5, 5.41) is 9.75. The minimum atomic E-state index is -1.25. The van der Waals surface area contributed by atoms with Crippen molar-refractivity contribution in [1.29, 1.82) is 0 Å². The van der Waals surface area contributed by atoms with Crippen molar-refractivity contribution >= 4 is 12.0 Å². The summed E-state index contributed by atoms with van der Waals surface area (Å²) in [5.41, 5.74) is 1.76. The lowest BCUT2D eigenvalue weighted by atomic mass is 10.6. The van der Waals surface area contributed by atoms with Gasteiger partial charge in [0.15, 0.2) is 0 Å². The number of nitrogens with one attached hydrogen (secondary N) is 2. The topological polar surface area (TPSA) is 104 Å². The highest BCUT2D eigenvalue weighted by atomic mass is 16.4. The highest BCUT2D eigenvalue weighted by Crippen LogP contribution is 1.60. The number of carbonyl (C=O) groups excluding carboxylic acids is 1. The van der Waals surface area contributed by atoms with E-state index in [2.05, 4.69) is 5.84 Å². The molecule has 0 saturated carbocycles. The van der Waals surface area contributed by atoms with Crippen LogP contribution >= 0.6 is 0 Å². The Bertz CT molecular complexity index is 123. The summed E-state index contributed by atoms with van der Waals surface area (Å²) < 4.78 is 0. The molecule has 0 fully saturated rings. The third-order valence-corrected chi connectivity index (χ3v) is 0.561. The molecule has 0 spiro atoms. The molecule has 0 aliphatic heterocycles. The third-order valence-electron chi connectivity index (χ3n) is 0.561. The van der Waals surface area contributed by atoms with Crippen molar-refractivity contribution < 1.29 is 14.7 Å². The first-order chi connectivity index (χ1) is 4.16. The number of carbonyl (C=O) groups is 2. The van der Waals surface area contributed by atoms with Crippen molar-refractivity contribution in [3.05, 3.63) is 0 Å². The summed E-state index contributed by atoms with van der Waals surface area (Å²) in [5.74, 6) is 4.05. The number of hydrogen-bond donors (Lipinski definition) is 4. The van der Waals surface area contributed by atoms with Crippen molar-refractivity contribution in [2.75, 3.05) is 6.54 Å². The third kappa shape index (κ3) is 4.56. The predicted octanol–water partition coefficient (Wildman–Crippen LogP) is -1.76. The zero-order chi connectivity index (χ0) is 7.28. The summed E-state index contributed by atoms with van der Waals surface area (Å²) in [6.07, 6.45) is -1.25. The van der Waals surface area contributed by atoms with Crippen molar-refractivity contribution in [3.63, 3.8) is 0 Å². The van der Waals surface area contributed by atoms with E-state index in [1.807, 2.05) is 5.32 Å². The van der Waals surface area contributed by atoms with Crippen LogP contribution in [0.5, 0.6) is 0 Å². The van der Waals surface area contributed by atoms with Gasteiger partial charge in [-0.1, -0.05) is 0 Å². The SMILES string of the molecule is NNC(=O)CNC(=O)O. The number of carboxylic acid groups (broad SMARTS) is 1. The van der Waals surface area contributed by atoms with Crippen LogP contribution in [0.4, 0.5) is 4.79 Å². The molecule has 0 atom stereocenters. The van der Waals surface area contributed by atoms with Crippen molar-refractivity contribution in [3.8, 4) is 0 Å². The highest BCUT2D eigenvalue weighted by Gasteiger charge is 1.98. The summed E-state index contributed by atoms with van der Waals surface area (Å²) in [4.78, 5) is 19.8. The molecule has 0 unspecified atom stereocenters. The van der Waals surface area contributed by atoms with Gasteiger partial charge in [-0.2, -0.15) is 0 Å². The summed E-state index contributed by atoms with van der Waals surface area (Å²) in [6, 6.07) is 0. The van der Waals surface area contributed by atoms with Gasteiger partial charge < -0.3 is 10.4 Å². The van der Waals surface area contributed by atoms with Gasteiger partial charge in [-0.3, -0.25) is 10.2 Å². The maximum absolute atomic E-state index is 10.2. The molecule has 0 saturated heterocycles. The lowest BCUT2D eigenvalue weighted by Crippen LogP contribution is -2.39. The average Bonchev–Trinajstić information content (AvgIpc) is 1.83. The molecule has 0 aromatic heterocycles. The fraction of sp³-hybridized carbons (Fsp3) is 0.333. The number of nitrogens with two attached hydrogens (primary N) is 1. The van der Waals surface area contributed by atoms with Crippen molar-refractivity contribution in [2.24, 2.45) is 5.84 Å². The lowest BCUT2D eigenvalue weighted by molar-refractivity contribution is -0.120. The first-order valence-electron chi connectivity index (χ1n) is 2.13. The number of hydrazine groups is 1. The van der Waals surface area contributed by atoms with E-state index in [4.69, 9.17) is 5.11 Å². The number of hydrogen-bond acceptors (Lipinski definition) is 3. The van der Waals surface area contributed by atoms with E-state index < -0.39 is 12.0 Å². The van der Waals surface area contributed by atoms with E-state index in [-0.39, 0.29) is 6.54 Å². The Morgan fingerprint density at radius 2 is 2.11 bits per heavy atom. The second-order valence-electron chi connectivity index (χ2n) is 1.23. The molecule has 6 nitrogen and oxygen atoms in total. The van der Waals surface area contributed by atoms with Gasteiger partial charge in [0.1, 0.15) is 6.54 Å². The molecule has 6 heteroatoms. The molecule has 5 N–H and O–H groups in total. The van der Waals surface area contributed by atoms with E-state index in [9.17, 15) is 9.59 Å². The van der Waals surface area contributed by atoms with Gasteiger partial charge in [-0.05, 0) is 0 Å². The molecular weight excluding hydrogens is 126 g/mol. The quantitative estimate of drug-likeness (QED) is 0.203. The van der Waals surface area contributed by atoms with Crippen LogP contribution < -0.4 is 16.6 Å². The first-order valence-corrected chi connectivity index (χ1v) is 2.13. The van der Waals surface area contributed by atoms with Crippen LogP contribution in [0, 0.1) is 0 Å². The Morgan fingerprint density at radius 3 is 2.44 bits per heavy atom. The van der Waals surface area contributed by atoms with Crippen LogP contribution in [0.1, 0.15) is 0 Å². The summed E-state index contributed by atoms with van der Waals surface area (Å²) in [6.45, 7) is -0.314. The van der Waals surface area contributed by atoms with Gasteiger partial charge in [0.25, 0.3) is 5.91 Å². The number of rotatable bonds is 2. The largest absolute Gasteiger partial charge is 0.465 e. The zero-order valence-electron chi connectivity index (χ0n) is 4.55. The van der Waals surface area contributed by atoms with Crippen LogP contribution in [0.2, 0.25) is 0 Å². The lowest BCUT2D eigenvalue weighted by Gasteiger charge is -1.96. The Kier molecular flexibility index (Phi) is 3.14. The molecule has 52 valence electrons. The van der Waals surface area contributed by atoms with E-state index in [1.54, 1.807) is 5.43 Å². The standard InChI is InChI=1S/C3H7N3O3/c4-6-2(7)1-5-3(8)9/h5H,1,4H2,(H,6,7)(H,8,9). The molecule has 2 amide bonds. The molecular formula is C3H7N3O3. The van der Waals surface area contributed by atoms with E-state index in [0.717, 1.165) is 0 Å². The molecule has 0 rings (SSSR count). The Labute approximate surface area is 51.0 Å². The van der Waals surface area contributed by atoms with Crippen LogP contribution in [0.3, 0.4) is 0 Å². The molecule has 0 radical (unpaired) electrons. The fourth-order valence-electron chi connectivity index (χ4n) is 0.207. The van der Waals surface area contributed by atoms with Crippen molar-refractivity contribution in [2.45, 2.75) is 0 Å². The molecule has 0 aromatic carbocycles. The highest BCUT2D eigenvalue weighted by molar-refractivity contribution is 5.80. The smallest absolute Gasteiger partial charge is 0.405 e. The van der Waals surface area contributed by atoms with Crippen LogP contribution in [-0.2, 0) is 4.79 Å². The predicted molar refractivity (Wildman–Crippen MR) is 28.4 cm³/mol. The Hall–Kier alpha value is -1.30. The van der Waals surface area contributed by atoms with Crippen LogP contribution in [0.25, 0.3) is 0 Å². The van der Waals surface area contributed by atoms with Crippen molar-refractivity contribution in [1.82, 2.24) is 10.7 Å². The summed E-state index contributed by atoms with van der Waals surface area (Å²) in [7, 11) is 0. The Morgan fingerprint density at radius 1 is 1.56 bits per heavy atom. The maximum atomic E-state index is 10.2. The average molecular weight is 133 g/mol. The molecule has 0 heterocycles. The first kappa shape index (κ1) is 7.70. The molecule has 0 bridgehead atoms. The van der Waals surface area contributed by atoms with E-state index in [0.29, 0.717) is 0 Å². The maximum Gasteiger partial charge on any atom is 0.405 e. The van der Waals surface area contributed by atoms with Gasteiger partial charge in [0.2, 0.25) is 0 Å². The number of amides is 2. The minimum Gasteiger partial charge on any atom is -0.465 e. The van der Waals surface area contributed by atoms with Gasteiger partial charge in [-0.25, -0.2) is 10.6 Å². The van der Waals surface area contributed by atoms with Gasteiger partial charge >= 0.3 is 6.09 Å². The van der Waals surface area contributed by atoms with Gasteiger partial charge in [-0.15, -0.1) is 0 Å². The molecule has 0 aliphatic rings. The van der Waals surface area contributed by atoms with Gasteiger partial charge in [0.05, 0.1) is 0 Å². The van der Waals surface area contributed by atoms with Crippen LogP contribution in [0.15, 0.2) is 0 Å². The molecule has 0 aliphatic carbocycles. The summed E-state index contributed by atoms with van der Waals surface area (Å²) >= 11 is 0. The van der Waals surface area contributed by atoms with E-state index >= 15 is 0 Å². The second-order valence-corrected chi connectivity index (χ2v) is 1.23. The van der Waals surface area contributed by atoms with E-state index in [1.165, 1.54) is 0 Å². The minimum absolute atomic E-state index is 0.314. The normalized spacial score (nSPS) is 8.11. The molecule has 0 aromatic rings. The van der Waals surface area contributed by atoms with Gasteiger partial charge in [0, 0.05) is 0 Å². The Balaban J connectivity index is 3.28. The monoisotopic (exact) mass is 133 g/mol. The fourth-order valence-corrected chi connectivity index (χ4v) is 0.207. The second kappa shape index (κ2) is 3.67.